The fourth-order valence-corrected chi connectivity index (χ4v) is 12.0. The van der Waals surface area contributed by atoms with E-state index in [1.54, 1.807) is 0 Å². The molecule has 0 saturated heterocycles. The van der Waals surface area contributed by atoms with Gasteiger partial charge in [0.1, 0.15) is 5.56 Å². The third-order valence-corrected chi connectivity index (χ3v) is 18.5. The Hall–Kier alpha value is -10.2. The van der Waals surface area contributed by atoms with Gasteiger partial charge in [-0.25, -0.2) is 176 Å². The van der Waals surface area contributed by atoms with E-state index in [0.717, 1.165) is 48.1 Å². The molecule has 47 heteroatoms. The summed E-state index contributed by atoms with van der Waals surface area (Å²) in [5.41, 5.74) is -22.4. The Morgan fingerprint density at radius 2 is 0.472 bits per heavy atom. The van der Waals surface area contributed by atoms with E-state index >= 15 is 0 Å². The van der Waals surface area contributed by atoms with Gasteiger partial charge in [-0.05, 0) is 111 Å². The number of aryl methyl sites for hydroxylation is 4. The number of hydrogen-bond acceptors (Lipinski definition) is 1. The SMILES string of the molecule is CCCC(CC)CCC(C)CPC.Cc1c(F)c(F)c(F)c(C(F)(F)F)c1-c1c(F)c(F)c(F)c(F)c1F.Cc1cc(-c2c(F)c(F)c(F)c(F)c2F)c(F)c(F)c1F.Cc1cc(-c2c(F)c(F)c(F)c(F)c2F)c(F)c(F)c1F.Cc1cc(-c2c(F)c(F)c(F)c(F)c2F)c(F)c(F)c1F.Cc1cc(-c2c(F)c(F)c(F)c(F)c2F)c(F)c(F)c1F.[O]=[Al][OH]. The molecular formula is C78H47AlF43O2P. The summed E-state index contributed by atoms with van der Waals surface area (Å²) < 4.78 is 586. The predicted molar refractivity (Wildman–Crippen MR) is 361 cm³/mol. The summed E-state index contributed by atoms with van der Waals surface area (Å²) in [6, 6.07) is 1.80. The van der Waals surface area contributed by atoms with Crippen LogP contribution in [0.2, 0.25) is 0 Å². The first-order chi connectivity index (χ1) is 57.7. The van der Waals surface area contributed by atoms with Crippen LogP contribution in [0.1, 0.15) is 86.3 Å². The molecule has 0 heterocycles. The third kappa shape index (κ3) is 22.2. The molecule has 10 aromatic carbocycles. The quantitative estimate of drug-likeness (QED) is 0.0411. The summed E-state index contributed by atoms with van der Waals surface area (Å²) in [4.78, 5) is 0. The van der Waals surface area contributed by atoms with Gasteiger partial charge >= 0.3 is 29.6 Å². The Bertz CT molecular complexity index is 5110. The van der Waals surface area contributed by atoms with Crippen molar-refractivity contribution < 1.29 is 197 Å². The van der Waals surface area contributed by atoms with Crippen molar-refractivity contribution in [3.05, 3.63) is 290 Å². The van der Waals surface area contributed by atoms with Gasteiger partial charge in [0, 0.05) is 27.8 Å². The first-order valence-corrected chi connectivity index (χ1v) is 36.5. The van der Waals surface area contributed by atoms with E-state index < -0.39 is 343 Å². The standard InChI is InChI=1S/C14H3F11.4C13H4F8.C12H27P.Al.H2O.O/c1-2-3(4-7(16)11(20)13(22)12(21)8(4)17)5(14(23,24)25)9(18)10(19)6(2)15;4*1-3-2-4(7(15)10(18)6(3)14)5-8(16)11(19)13(21)12(20)9(5)17;1-5-7-12(6-2)9-8-11(3)10-13-4;;;/h1H3;4*2H,1H3;11-13H,5-10H2,1-4H3;;1H2;/q;;;;;;+1;;/p-1. The molecule has 0 aliphatic carbocycles. The second-order valence-corrected chi connectivity index (χ2v) is 27.0. The number of halogens is 43. The minimum absolute atomic E-state index is 0.362. The average molecular weight is 1890 g/mol. The molecule has 0 amide bonds. The van der Waals surface area contributed by atoms with Gasteiger partial charge in [-0.1, -0.05) is 52.9 Å². The Labute approximate surface area is 683 Å². The molecule has 10 rings (SSSR count). The Morgan fingerprint density at radius 1 is 0.280 bits per heavy atom. The van der Waals surface area contributed by atoms with E-state index in [1.807, 2.05) is 0 Å². The molecule has 3 atom stereocenters. The molecule has 0 bridgehead atoms. The average Bonchev–Trinajstić information content (AvgIpc) is 0.733. The van der Waals surface area contributed by atoms with Gasteiger partial charge < -0.3 is 0 Å². The molecule has 10 aromatic rings. The zero-order valence-corrected chi connectivity index (χ0v) is 65.5. The predicted octanol–water partition coefficient (Wildman–Crippen LogP) is 28.4. The molecule has 0 fully saturated rings. The van der Waals surface area contributed by atoms with Crippen LogP contribution in [0.25, 0.3) is 55.6 Å². The molecular weight excluding hydrogens is 1840 g/mol. The van der Waals surface area contributed by atoms with Gasteiger partial charge in [-0.2, -0.15) is 13.2 Å². The molecule has 0 aliphatic heterocycles. The molecule has 125 heavy (non-hydrogen) atoms. The van der Waals surface area contributed by atoms with Crippen LogP contribution in [-0.2, 0) is 9.98 Å². The van der Waals surface area contributed by atoms with Crippen molar-refractivity contribution in [1.29, 1.82) is 0 Å². The van der Waals surface area contributed by atoms with Crippen LogP contribution in [-0.4, -0.2) is 32.5 Å². The van der Waals surface area contributed by atoms with E-state index in [4.69, 9.17) is 7.96 Å². The normalized spacial score (nSPS) is 11.6. The fourth-order valence-electron chi connectivity index (χ4n) is 11.1. The molecule has 680 valence electrons. The summed E-state index contributed by atoms with van der Waals surface area (Å²) in [5.74, 6) is -89.2. The molecule has 0 aliphatic rings. The van der Waals surface area contributed by atoms with Crippen molar-refractivity contribution in [2.24, 2.45) is 11.8 Å². The van der Waals surface area contributed by atoms with Gasteiger partial charge in [-0.15, -0.1) is 8.58 Å². The molecule has 0 aromatic heterocycles. The van der Waals surface area contributed by atoms with Crippen LogP contribution in [0.5, 0.6) is 0 Å². The molecule has 0 spiro atoms. The fraction of sp³-hybridized carbons (Fsp3) is 0.231. The van der Waals surface area contributed by atoms with E-state index in [1.165, 1.54) is 38.3 Å². The Balaban J connectivity index is 0.000000315. The van der Waals surface area contributed by atoms with Crippen molar-refractivity contribution in [2.45, 2.75) is 93.7 Å². The second-order valence-electron chi connectivity index (χ2n) is 25.7. The summed E-state index contributed by atoms with van der Waals surface area (Å²) >= 11 is -1.50. The second kappa shape index (κ2) is 43.8. The first-order valence-electron chi connectivity index (χ1n) is 33.8. The van der Waals surface area contributed by atoms with Crippen LogP contribution in [0.15, 0.2) is 24.3 Å². The van der Waals surface area contributed by atoms with E-state index in [2.05, 4.69) is 27.4 Å². The van der Waals surface area contributed by atoms with Gasteiger partial charge in [0.15, 0.2) is 204 Å². The monoisotopic (exact) mass is 1890 g/mol. The third-order valence-electron chi connectivity index (χ3n) is 17.4. The first kappa shape index (κ1) is 107. The zero-order chi connectivity index (χ0) is 96.5. The number of hydrogen-bond donors (Lipinski definition) is 1. The molecule has 1 N–H and O–H groups in total. The van der Waals surface area contributed by atoms with Gasteiger partial charge in [-0.3, -0.25) is 0 Å². The number of benzene rings is 10. The molecule has 3 unspecified atom stereocenters. The van der Waals surface area contributed by atoms with Crippen molar-refractivity contribution >= 4 is 24.1 Å². The summed E-state index contributed by atoms with van der Waals surface area (Å²) in [5, 5.41) is 0. The topological polar surface area (TPSA) is 37.3 Å². The van der Waals surface area contributed by atoms with Crippen molar-refractivity contribution in [3.63, 3.8) is 0 Å². The minimum atomic E-state index is -5.83. The summed E-state index contributed by atoms with van der Waals surface area (Å²) in [7, 11) is 1.14. The van der Waals surface area contributed by atoms with Crippen LogP contribution in [0.3, 0.4) is 0 Å². The van der Waals surface area contributed by atoms with Crippen molar-refractivity contribution in [3.8, 4) is 55.6 Å². The van der Waals surface area contributed by atoms with E-state index in [0.29, 0.717) is 31.2 Å². The van der Waals surface area contributed by atoms with Crippen molar-refractivity contribution in [2.75, 3.05) is 12.8 Å². The van der Waals surface area contributed by atoms with E-state index in [-0.39, 0.29) is 0 Å². The maximum atomic E-state index is 13.8. The molecule has 2 nitrogen and oxygen atoms in total. The molecule has 0 radical (unpaired) electrons. The van der Waals surface area contributed by atoms with Gasteiger partial charge in [0.05, 0.1) is 27.8 Å². The zero-order valence-electron chi connectivity index (χ0n) is 63.4. The van der Waals surface area contributed by atoms with Crippen LogP contribution < -0.4 is 0 Å². The summed E-state index contributed by atoms with van der Waals surface area (Å²) in [6.45, 7) is 13.5. The van der Waals surface area contributed by atoms with Crippen LogP contribution in [0.4, 0.5) is 189 Å². The molecule has 0 saturated carbocycles. The number of rotatable bonds is 13. The van der Waals surface area contributed by atoms with Gasteiger partial charge in [0.2, 0.25) is 29.1 Å². The maximum absolute atomic E-state index is 13.8. The Morgan fingerprint density at radius 3 is 0.664 bits per heavy atom. The van der Waals surface area contributed by atoms with Crippen LogP contribution in [0, 0.1) is 279 Å². The van der Waals surface area contributed by atoms with Crippen LogP contribution >= 0.6 is 8.58 Å². The van der Waals surface area contributed by atoms with Crippen molar-refractivity contribution in [1.82, 2.24) is 0 Å². The summed E-state index contributed by atoms with van der Waals surface area (Å²) in [6.07, 6.45) is 2.73. The van der Waals surface area contributed by atoms with Gasteiger partial charge in [0.25, 0.3) is 0 Å². The Kier molecular flexibility index (Phi) is 37.5. The number of alkyl halides is 3. The van der Waals surface area contributed by atoms with E-state index in [9.17, 15) is 189 Å².